The highest BCUT2D eigenvalue weighted by Crippen LogP contribution is 2.18. The monoisotopic (exact) mass is 189 g/mol. The van der Waals surface area contributed by atoms with E-state index in [0.717, 1.165) is 30.0 Å². The van der Waals surface area contributed by atoms with Crippen LogP contribution in [0.25, 0.3) is 5.65 Å². The van der Waals surface area contributed by atoms with Crippen LogP contribution in [-0.2, 0) is 6.42 Å². The van der Waals surface area contributed by atoms with Gasteiger partial charge in [-0.15, -0.1) is 0 Å². The van der Waals surface area contributed by atoms with Crippen LogP contribution in [0.1, 0.15) is 24.6 Å². The lowest BCUT2D eigenvalue weighted by atomic mass is 10.2. The van der Waals surface area contributed by atoms with Gasteiger partial charge in [0.1, 0.15) is 11.5 Å². The molecule has 0 saturated heterocycles. The van der Waals surface area contributed by atoms with Gasteiger partial charge in [-0.1, -0.05) is 19.4 Å². The molecule has 3 heteroatoms. The number of fused-ring (bicyclic) bond motifs is 1. The first-order chi connectivity index (χ1) is 6.74. The zero-order valence-electron chi connectivity index (χ0n) is 8.62. The fraction of sp³-hybridized carbons (Fsp3) is 0.364. The fourth-order valence-electron chi connectivity index (χ4n) is 1.69. The summed E-state index contributed by atoms with van der Waals surface area (Å²) in [7, 11) is 0. The van der Waals surface area contributed by atoms with E-state index in [1.54, 1.807) is 0 Å². The second-order valence-electron chi connectivity index (χ2n) is 3.58. The highest BCUT2D eigenvalue weighted by molar-refractivity contribution is 5.56. The van der Waals surface area contributed by atoms with E-state index < -0.39 is 0 Å². The Morgan fingerprint density at radius 2 is 2.29 bits per heavy atom. The van der Waals surface area contributed by atoms with Crippen LogP contribution in [0.5, 0.6) is 0 Å². The van der Waals surface area contributed by atoms with Gasteiger partial charge in [-0.05, 0) is 25.0 Å². The summed E-state index contributed by atoms with van der Waals surface area (Å²) >= 11 is 0. The molecule has 0 amide bonds. The molecule has 2 heterocycles. The zero-order chi connectivity index (χ0) is 10.1. The van der Waals surface area contributed by atoms with Gasteiger partial charge in [-0.2, -0.15) is 0 Å². The second kappa shape index (κ2) is 3.33. The third kappa shape index (κ3) is 1.25. The highest BCUT2D eigenvalue weighted by atomic mass is 15.1. The third-order valence-electron chi connectivity index (χ3n) is 2.45. The van der Waals surface area contributed by atoms with Gasteiger partial charge in [-0.25, -0.2) is 4.98 Å². The molecular weight excluding hydrogens is 174 g/mol. The smallest absolute Gasteiger partial charge is 0.141 e. The van der Waals surface area contributed by atoms with Crippen molar-refractivity contribution in [1.82, 2.24) is 9.38 Å². The molecule has 14 heavy (non-hydrogen) atoms. The number of rotatable bonds is 2. The van der Waals surface area contributed by atoms with Gasteiger partial charge in [0.15, 0.2) is 0 Å². The van der Waals surface area contributed by atoms with Crippen molar-refractivity contribution in [2.45, 2.75) is 26.7 Å². The number of aromatic nitrogens is 2. The lowest BCUT2D eigenvalue weighted by Gasteiger charge is -1.97. The van der Waals surface area contributed by atoms with Crippen molar-refractivity contribution in [2.24, 2.45) is 0 Å². The van der Waals surface area contributed by atoms with E-state index in [2.05, 4.69) is 24.9 Å². The minimum absolute atomic E-state index is 0.783. The van der Waals surface area contributed by atoms with Crippen LogP contribution in [0.15, 0.2) is 18.3 Å². The molecule has 0 bridgehead atoms. The minimum atomic E-state index is 0.783. The summed E-state index contributed by atoms with van der Waals surface area (Å²) in [6.45, 7) is 4.19. The second-order valence-corrected chi connectivity index (χ2v) is 3.58. The van der Waals surface area contributed by atoms with E-state index in [1.165, 1.54) is 5.56 Å². The summed E-state index contributed by atoms with van der Waals surface area (Å²) in [5, 5.41) is 0. The first kappa shape index (κ1) is 9.06. The van der Waals surface area contributed by atoms with Gasteiger partial charge in [0.05, 0.1) is 5.69 Å². The van der Waals surface area contributed by atoms with Gasteiger partial charge < -0.3 is 5.73 Å². The number of nitrogens with two attached hydrogens (primary N) is 1. The summed E-state index contributed by atoms with van der Waals surface area (Å²) in [5.41, 5.74) is 9.16. The van der Waals surface area contributed by atoms with E-state index >= 15 is 0 Å². The Bertz CT molecular complexity index is 457. The molecule has 74 valence electrons. The standard InChI is InChI=1S/C11H15N3/c1-3-5-9-10(12)14-7-4-6-8(2)11(14)13-9/h4,6-7H,3,5,12H2,1-2H3. The van der Waals surface area contributed by atoms with Crippen LogP contribution >= 0.6 is 0 Å². The molecule has 0 saturated carbocycles. The predicted octanol–water partition coefficient (Wildman–Crippen LogP) is 2.18. The maximum Gasteiger partial charge on any atom is 0.141 e. The van der Waals surface area contributed by atoms with Crippen molar-refractivity contribution < 1.29 is 0 Å². The summed E-state index contributed by atoms with van der Waals surface area (Å²) in [5.74, 6) is 0.783. The van der Waals surface area contributed by atoms with Gasteiger partial charge in [-0.3, -0.25) is 4.40 Å². The topological polar surface area (TPSA) is 43.3 Å². The Morgan fingerprint density at radius 1 is 1.50 bits per heavy atom. The Balaban J connectivity index is 2.67. The number of nitrogen functional groups attached to an aromatic ring is 1. The van der Waals surface area contributed by atoms with Crippen LogP contribution in [0.4, 0.5) is 5.82 Å². The van der Waals surface area contributed by atoms with Crippen LogP contribution < -0.4 is 5.73 Å². The molecule has 0 unspecified atom stereocenters. The number of nitrogens with zero attached hydrogens (tertiary/aromatic N) is 2. The maximum absolute atomic E-state index is 5.99. The first-order valence-corrected chi connectivity index (χ1v) is 4.96. The Hall–Kier alpha value is -1.51. The lowest BCUT2D eigenvalue weighted by molar-refractivity contribution is 0.897. The normalized spacial score (nSPS) is 11.0. The van der Waals surface area contributed by atoms with E-state index in [0.29, 0.717) is 0 Å². The summed E-state index contributed by atoms with van der Waals surface area (Å²) < 4.78 is 1.96. The Morgan fingerprint density at radius 3 is 2.93 bits per heavy atom. The van der Waals surface area contributed by atoms with Crippen LogP contribution in [0, 0.1) is 6.92 Å². The molecule has 0 aromatic carbocycles. The lowest BCUT2D eigenvalue weighted by Crippen LogP contribution is -1.96. The Labute approximate surface area is 83.6 Å². The molecule has 2 N–H and O–H groups in total. The maximum atomic E-state index is 5.99. The summed E-state index contributed by atoms with van der Waals surface area (Å²) in [6.07, 6.45) is 3.99. The van der Waals surface area contributed by atoms with Gasteiger partial charge in [0.2, 0.25) is 0 Å². The molecule has 0 aliphatic heterocycles. The molecule has 0 spiro atoms. The molecule has 0 radical (unpaired) electrons. The number of imidazole rings is 1. The highest BCUT2D eigenvalue weighted by Gasteiger charge is 2.08. The van der Waals surface area contributed by atoms with Crippen molar-refractivity contribution in [3.05, 3.63) is 29.6 Å². The molecule has 0 fully saturated rings. The number of hydrogen-bond acceptors (Lipinski definition) is 2. The van der Waals surface area contributed by atoms with Gasteiger partial charge in [0.25, 0.3) is 0 Å². The average molecular weight is 189 g/mol. The van der Waals surface area contributed by atoms with E-state index in [-0.39, 0.29) is 0 Å². The molecule has 0 aliphatic carbocycles. The van der Waals surface area contributed by atoms with E-state index in [9.17, 15) is 0 Å². The zero-order valence-corrected chi connectivity index (χ0v) is 8.62. The number of aryl methyl sites for hydroxylation is 2. The summed E-state index contributed by atoms with van der Waals surface area (Å²) in [6, 6.07) is 4.05. The number of anilines is 1. The van der Waals surface area contributed by atoms with Crippen molar-refractivity contribution in [1.29, 1.82) is 0 Å². The molecule has 3 nitrogen and oxygen atoms in total. The van der Waals surface area contributed by atoms with Crippen LogP contribution in [-0.4, -0.2) is 9.38 Å². The predicted molar refractivity (Wildman–Crippen MR) is 58.3 cm³/mol. The molecule has 2 aromatic rings. The fourth-order valence-corrected chi connectivity index (χ4v) is 1.69. The molecule has 0 aliphatic rings. The van der Waals surface area contributed by atoms with Gasteiger partial charge >= 0.3 is 0 Å². The number of hydrogen-bond donors (Lipinski definition) is 1. The summed E-state index contributed by atoms with van der Waals surface area (Å²) in [4.78, 5) is 4.54. The Kier molecular flexibility index (Phi) is 2.15. The largest absolute Gasteiger partial charge is 0.383 e. The molecule has 2 rings (SSSR count). The quantitative estimate of drug-likeness (QED) is 0.786. The van der Waals surface area contributed by atoms with Crippen LogP contribution in [0.2, 0.25) is 0 Å². The average Bonchev–Trinajstić information content (AvgIpc) is 2.48. The van der Waals surface area contributed by atoms with E-state index in [1.807, 2.05) is 16.7 Å². The number of pyridine rings is 1. The van der Waals surface area contributed by atoms with Crippen molar-refractivity contribution in [3.63, 3.8) is 0 Å². The van der Waals surface area contributed by atoms with E-state index in [4.69, 9.17) is 5.73 Å². The molecular formula is C11H15N3. The minimum Gasteiger partial charge on any atom is -0.383 e. The van der Waals surface area contributed by atoms with Crippen molar-refractivity contribution in [3.8, 4) is 0 Å². The SMILES string of the molecule is CCCc1nc2c(C)cccn2c1N. The molecule has 0 atom stereocenters. The van der Waals surface area contributed by atoms with Crippen molar-refractivity contribution >= 4 is 11.5 Å². The van der Waals surface area contributed by atoms with Crippen LogP contribution in [0.3, 0.4) is 0 Å². The first-order valence-electron chi connectivity index (χ1n) is 4.96. The van der Waals surface area contributed by atoms with Gasteiger partial charge in [0, 0.05) is 6.20 Å². The van der Waals surface area contributed by atoms with Crippen molar-refractivity contribution in [2.75, 3.05) is 5.73 Å². The molecule has 2 aromatic heterocycles. The third-order valence-corrected chi connectivity index (χ3v) is 2.45.